The minimum Gasteiger partial charge on any atom is -0.323 e. The standard InChI is InChI=1S/C18H20N6O3/c19-22-13-7-4-8-15-12(13)9-14(18(27)24(15)10-16(25)23-20)21-17(26)11-5-2-1-3-6-11/h1-3,5-6,9H,4,7-8,10,19-20H2,(H,21,26)(H,23,25)/b22-13-. The molecule has 0 atom stereocenters. The molecule has 1 aliphatic rings. The second-order valence-corrected chi connectivity index (χ2v) is 6.13. The van der Waals surface area contributed by atoms with Crippen molar-refractivity contribution in [3.8, 4) is 0 Å². The first-order valence-electron chi connectivity index (χ1n) is 8.44. The van der Waals surface area contributed by atoms with Crippen LogP contribution < -0.4 is 28.0 Å². The Bertz CT molecular complexity index is 965. The lowest BCUT2D eigenvalue weighted by atomic mass is 9.93. The monoisotopic (exact) mass is 368 g/mol. The Hall–Kier alpha value is -3.46. The van der Waals surface area contributed by atoms with Crippen molar-refractivity contribution < 1.29 is 9.59 Å². The number of nitrogens with one attached hydrogen (secondary N) is 2. The Kier molecular flexibility index (Phi) is 5.32. The minimum absolute atomic E-state index is 0.0514. The van der Waals surface area contributed by atoms with E-state index in [9.17, 15) is 14.4 Å². The van der Waals surface area contributed by atoms with Gasteiger partial charge in [0, 0.05) is 16.8 Å². The highest BCUT2D eigenvalue weighted by molar-refractivity contribution is 6.06. The van der Waals surface area contributed by atoms with E-state index >= 15 is 0 Å². The van der Waals surface area contributed by atoms with Gasteiger partial charge in [0.1, 0.15) is 12.2 Å². The lowest BCUT2D eigenvalue weighted by Crippen LogP contribution is -2.39. The molecular weight excluding hydrogens is 348 g/mol. The zero-order valence-corrected chi connectivity index (χ0v) is 14.6. The van der Waals surface area contributed by atoms with Crippen LogP contribution in [-0.4, -0.2) is 22.1 Å². The summed E-state index contributed by atoms with van der Waals surface area (Å²) in [6.45, 7) is -0.259. The average molecular weight is 368 g/mol. The van der Waals surface area contributed by atoms with Gasteiger partial charge >= 0.3 is 0 Å². The first-order chi connectivity index (χ1) is 13.0. The molecule has 3 rings (SSSR count). The predicted octanol–water partition coefficient (Wildman–Crippen LogP) is 0.0896. The fourth-order valence-electron chi connectivity index (χ4n) is 3.14. The summed E-state index contributed by atoms with van der Waals surface area (Å²) in [5, 5.41) is 6.42. The molecular formula is C18H20N6O3. The van der Waals surface area contributed by atoms with Crippen molar-refractivity contribution in [2.45, 2.75) is 25.8 Å². The fourth-order valence-corrected chi connectivity index (χ4v) is 3.14. The second-order valence-electron chi connectivity index (χ2n) is 6.13. The number of anilines is 1. The third-order valence-corrected chi connectivity index (χ3v) is 4.44. The molecule has 0 fully saturated rings. The number of hydrogen-bond donors (Lipinski definition) is 4. The van der Waals surface area contributed by atoms with E-state index in [2.05, 4.69) is 10.4 Å². The summed E-state index contributed by atoms with van der Waals surface area (Å²) in [7, 11) is 0. The van der Waals surface area contributed by atoms with Crippen molar-refractivity contribution in [2.75, 3.05) is 5.32 Å². The van der Waals surface area contributed by atoms with Crippen molar-refractivity contribution >= 4 is 23.2 Å². The number of carbonyl (C=O) groups is 2. The van der Waals surface area contributed by atoms with Gasteiger partial charge in [0.2, 0.25) is 0 Å². The van der Waals surface area contributed by atoms with Gasteiger partial charge in [0.15, 0.2) is 0 Å². The first kappa shape index (κ1) is 18.3. The number of hydrogen-bond acceptors (Lipinski definition) is 6. The van der Waals surface area contributed by atoms with Crippen LogP contribution in [0.4, 0.5) is 5.69 Å². The Labute approximate surface area is 155 Å². The normalized spacial score (nSPS) is 14.5. The van der Waals surface area contributed by atoms with Crippen LogP contribution >= 0.6 is 0 Å². The van der Waals surface area contributed by atoms with E-state index in [1.54, 1.807) is 36.4 Å². The molecule has 1 aromatic heterocycles. The second kappa shape index (κ2) is 7.83. The van der Waals surface area contributed by atoms with Crippen LogP contribution in [-0.2, 0) is 17.8 Å². The van der Waals surface area contributed by atoms with Crippen LogP contribution in [0.2, 0.25) is 0 Å². The van der Waals surface area contributed by atoms with Gasteiger partial charge in [0.05, 0.1) is 5.71 Å². The summed E-state index contributed by atoms with van der Waals surface area (Å²) in [6, 6.07) is 10.1. The van der Waals surface area contributed by atoms with Gasteiger partial charge in [-0.2, -0.15) is 5.10 Å². The molecule has 0 aliphatic heterocycles. The summed E-state index contributed by atoms with van der Waals surface area (Å²) in [4.78, 5) is 37.2. The number of rotatable bonds is 4. The van der Waals surface area contributed by atoms with Gasteiger partial charge in [-0.05, 0) is 37.5 Å². The maximum absolute atomic E-state index is 12.9. The zero-order valence-electron chi connectivity index (χ0n) is 14.6. The van der Waals surface area contributed by atoms with Gasteiger partial charge in [-0.25, -0.2) is 5.84 Å². The van der Waals surface area contributed by atoms with Gasteiger partial charge < -0.3 is 15.7 Å². The molecule has 140 valence electrons. The zero-order chi connectivity index (χ0) is 19.4. The summed E-state index contributed by atoms with van der Waals surface area (Å²) >= 11 is 0. The van der Waals surface area contributed by atoms with Gasteiger partial charge in [0.25, 0.3) is 17.4 Å². The summed E-state index contributed by atoms with van der Waals surface area (Å²) < 4.78 is 1.31. The first-order valence-corrected chi connectivity index (χ1v) is 8.44. The number of amides is 2. The Balaban J connectivity index is 2.08. The number of aromatic nitrogens is 1. The minimum atomic E-state index is -0.525. The van der Waals surface area contributed by atoms with E-state index < -0.39 is 17.4 Å². The number of benzene rings is 1. The van der Waals surface area contributed by atoms with Crippen LogP contribution in [0.15, 0.2) is 46.3 Å². The van der Waals surface area contributed by atoms with E-state index in [1.807, 2.05) is 5.43 Å². The third kappa shape index (κ3) is 3.72. The summed E-state index contributed by atoms with van der Waals surface area (Å²) in [5.41, 5.74) is 3.91. The van der Waals surface area contributed by atoms with Gasteiger partial charge in [-0.15, -0.1) is 0 Å². The van der Waals surface area contributed by atoms with Crippen molar-refractivity contribution in [3.05, 3.63) is 63.6 Å². The van der Waals surface area contributed by atoms with E-state index in [0.29, 0.717) is 35.4 Å². The molecule has 9 nitrogen and oxygen atoms in total. The topological polar surface area (TPSA) is 145 Å². The van der Waals surface area contributed by atoms with Crippen LogP contribution in [0.25, 0.3) is 0 Å². The molecule has 27 heavy (non-hydrogen) atoms. The van der Waals surface area contributed by atoms with Crippen LogP contribution in [0.1, 0.15) is 34.5 Å². The van der Waals surface area contributed by atoms with Crippen LogP contribution in [0, 0.1) is 0 Å². The van der Waals surface area contributed by atoms with Gasteiger partial charge in [-0.1, -0.05) is 18.2 Å². The number of nitrogens with zero attached hydrogens (tertiary/aromatic N) is 2. The summed E-state index contributed by atoms with van der Waals surface area (Å²) in [5.74, 6) is 9.70. The maximum Gasteiger partial charge on any atom is 0.275 e. The molecule has 1 aliphatic carbocycles. The molecule has 2 amide bonds. The van der Waals surface area contributed by atoms with E-state index in [4.69, 9.17) is 11.7 Å². The fraction of sp³-hybridized carbons (Fsp3) is 0.222. The molecule has 0 spiro atoms. The number of hydrazine groups is 1. The van der Waals surface area contributed by atoms with E-state index in [1.165, 1.54) is 4.57 Å². The SMILES string of the molecule is N/N=C1/CCCc2c1cc(NC(=O)c1ccccc1)c(=O)n2CC(=O)NN. The quantitative estimate of drug-likeness (QED) is 0.343. The molecule has 1 aromatic carbocycles. The van der Waals surface area contributed by atoms with E-state index in [-0.39, 0.29) is 12.2 Å². The Morgan fingerprint density at radius 1 is 1.19 bits per heavy atom. The highest BCUT2D eigenvalue weighted by Gasteiger charge is 2.24. The largest absolute Gasteiger partial charge is 0.323 e. The van der Waals surface area contributed by atoms with Crippen molar-refractivity contribution in [2.24, 2.45) is 16.8 Å². The molecule has 0 saturated carbocycles. The predicted molar refractivity (Wildman–Crippen MR) is 101 cm³/mol. The van der Waals surface area contributed by atoms with E-state index in [0.717, 1.165) is 6.42 Å². The third-order valence-electron chi connectivity index (χ3n) is 4.44. The molecule has 0 saturated heterocycles. The summed E-state index contributed by atoms with van der Waals surface area (Å²) in [6.07, 6.45) is 1.99. The average Bonchev–Trinajstić information content (AvgIpc) is 2.70. The maximum atomic E-state index is 12.9. The highest BCUT2D eigenvalue weighted by Crippen LogP contribution is 2.23. The van der Waals surface area contributed by atoms with Crippen molar-refractivity contribution in [1.82, 2.24) is 9.99 Å². The number of nitrogens with two attached hydrogens (primary N) is 2. The highest BCUT2D eigenvalue weighted by atomic mass is 16.2. The Morgan fingerprint density at radius 2 is 1.93 bits per heavy atom. The lowest BCUT2D eigenvalue weighted by molar-refractivity contribution is -0.121. The number of hydrazone groups is 1. The van der Waals surface area contributed by atoms with Crippen molar-refractivity contribution in [3.63, 3.8) is 0 Å². The molecule has 0 radical (unpaired) electrons. The molecule has 2 aromatic rings. The molecule has 0 unspecified atom stereocenters. The van der Waals surface area contributed by atoms with Gasteiger partial charge in [-0.3, -0.25) is 19.8 Å². The smallest absolute Gasteiger partial charge is 0.275 e. The molecule has 1 heterocycles. The molecule has 6 N–H and O–H groups in total. The Morgan fingerprint density at radius 3 is 2.59 bits per heavy atom. The van der Waals surface area contributed by atoms with Crippen molar-refractivity contribution in [1.29, 1.82) is 0 Å². The molecule has 9 heteroatoms. The number of fused-ring (bicyclic) bond motifs is 1. The number of carbonyl (C=O) groups excluding carboxylic acids is 2. The van der Waals surface area contributed by atoms with Crippen LogP contribution in [0.5, 0.6) is 0 Å². The number of pyridine rings is 1. The lowest BCUT2D eigenvalue weighted by Gasteiger charge is -2.23. The molecule has 0 bridgehead atoms. The van der Waals surface area contributed by atoms with Crippen LogP contribution in [0.3, 0.4) is 0 Å².